The molecule has 0 aliphatic rings. The first-order valence-corrected chi connectivity index (χ1v) is 7.69. The molecule has 0 aliphatic heterocycles. The van der Waals surface area contributed by atoms with Crippen molar-refractivity contribution in [1.82, 2.24) is 19.9 Å². The molecule has 3 aromatic rings. The van der Waals surface area contributed by atoms with Gasteiger partial charge in [0.25, 0.3) is 5.56 Å². The Kier molecular flexibility index (Phi) is 4.35. The van der Waals surface area contributed by atoms with Crippen LogP contribution < -0.4 is 10.5 Å². The lowest BCUT2D eigenvalue weighted by Gasteiger charge is -2.12. The molecule has 0 bridgehead atoms. The van der Waals surface area contributed by atoms with Crippen LogP contribution in [-0.2, 0) is 6.54 Å². The summed E-state index contributed by atoms with van der Waals surface area (Å²) in [6.45, 7) is 3.50. The van der Waals surface area contributed by atoms with Crippen molar-refractivity contribution in [3.8, 4) is 11.3 Å². The average Bonchev–Trinajstić information content (AvgIpc) is 2.93. The van der Waals surface area contributed by atoms with E-state index in [0.29, 0.717) is 34.0 Å². The number of nitrogens with zero attached hydrogens (tertiary/aromatic N) is 5. The van der Waals surface area contributed by atoms with Crippen LogP contribution in [0.15, 0.2) is 33.8 Å². The first kappa shape index (κ1) is 16.8. The summed E-state index contributed by atoms with van der Waals surface area (Å²) in [6.07, 6.45) is 3.14. The summed E-state index contributed by atoms with van der Waals surface area (Å²) in [5.41, 5.74) is 2.39. The molecule has 0 atom stereocenters. The number of anilines is 1. The molecule has 3 rings (SSSR count). The van der Waals surface area contributed by atoms with Crippen LogP contribution in [0.2, 0.25) is 0 Å². The SMILES string of the molecule is Cc1ncc(-c2noc(C)c2Cn2ncc(N(C)C)cc2=O)cc1F. The van der Waals surface area contributed by atoms with Crippen LogP contribution in [0.4, 0.5) is 10.1 Å². The second kappa shape index (κ2) is 6.46. The van der Waals surface area contributed by atoms with Gasteiger partial charge in [0, 0.05) is 37.5 Å². The van der Waals surface area contributed by atoms with Gasteiger partial charge in [-0.1, -0.05) is 5.16 Å². The second-order valence-corrected chi connectivity index (χ2v) is 5.96. The summed E-state index contributed by atoms with van der Waals surface area (Å²) in [6, 6.07) is 2.86. The highest BCUT2D eigenvalue weighted by Gasteiger charge is 2.18. The normalized spacial score (nSPS) is 10.9. The zero-order valence-corrected chi connectivity index (χ0v) is 14.4. The molecule has 3 heterocycles. The van der Waals surface area contributed by atoms with Crippen molar-refractivity contribution in [1.29, 1.82) is 0 Å². The van der Waals surface area contributed by atoms with Crippen molar-refractivity contribution in [2.75, 3.05) is 19.0 Å². The average molecular weight is 343 g/mol. The molecular weight excluding hydrogens is 325 g/mol. The van der Waals surface area contributed by atoms with Crippen LogP contribution in [-0.4, -0.2) is 34.0 Å². The smallest absolute Gasteiger partial charge is 0.269 e. The van der Waals surface area contributed by atoms with E-state index in [0.717, 1.165) is 0 Å². The monoisotopic (exact) mass is 343 g/mol. The number of halogens is 1. The highest BCUT2D eigenvalue weighted by Crippen LogP contribution is 2.26. The van der Waals surface area contributed by atoms with E-state index >= 15 is 0 Å². The Balaban J connectivity index is 2.00. The third-order valence-corrected chi connectivity index (χ3v) is 3.96. The molecule has 0 saturated carbocycles. The van der Waals surface area contributed by atoms with Crippen LogP contribution in [0.5, 0.6) is 0 Å². The molecule has 0 radical (unpaired) electrons. The highest BCUT2D eigenvalue weighted by atomic mass is 19.1. The van der Waals surface area contributed by atoms with Crippen molar-refractivity contribution in [2.45, 2.75) is 20.4 Å². The molecule has 130 valence electrons. The van der Waals surface area contributed by atoms with Gasteiger partial charge in [0.2, 0.25) is 0 Å². The zero-order chi connectivity index (χ0) is 18.1. The number of hydrogen-bond acceptors (Lipinski definition) is 6. The van der Waals surface area contributed by atoms with E-state index in [4.69, 9.17) is 4.52 Å². The van der Waals surface area contributed by atoms with Gasteiger partial charge in [0.15, 0.2) is 0 Å². The van der Waals surface area contributed by atoms with E-state index in [-0.39, 0.29) is 12.1 Å². The first-order valence-electron chi connectivity index (χ1n) is 7.69. The largest absolute Gasteiger partial charge is 0.376 e. The van der Waals surface area contributed by atoms with Crippen molar-refractivity contribution < 1.29 is 8.91 Å². The fourth-order valence-electron chi connectivity index (χ4n) is 2.38. The minimum absolute atomic E-state index is 0.173. The summed E-state index contributed by atoms with van der Waals surface area (Å²) in [5.74, 6) is 0.121. The van der Waals surface area contributed by atoms with Crippen LogP contribution >= 0.6 is 0 Å². The van der Waals surface area contributed by atoms with E-state index < -0.39 is 5.82 Å². The van der Waals surface area contributed by atoms with E-state index in [9.17, 15) is 9.18 Å². The first-order chi connectivity index (χ1) is 11.9. The molecule has 8 heteroatoms. The summed E-state index contributed by atoms with van der Waals surface area (Å²) in [7, 11) is 3.67. The van der Waals surface area contributed by atoms with Gasteiger partial charge >= 0.3 is 0 Å². The number of pyridine rings is 1. The van der Waals surface area contributed by atoms with Gasteiger partial charge in [-0.25, -0.2) is 9.07 Å². The lowest BCUT2D eigenvalue weighted by atomic mass is 10.1. The molecule has 0 aromatic carbocycles. The van der Waals surface area contributed by atoms with E-state index in [1.165, 1.54) is 23.0 Å². The van der Waals surface area contributed by atoms with Crippen LogP contribution in [0.1, 0.15) is 17.0 Å². The van der Waals surface area contributed by atoms with E-state index in [2.05, 4.69) is 15.2 Å². The van der Waals surface area contributed by atoms with Crippen molar-refractivity contribution >= 4 is 5.69 Å². The molecular formula is C17H18FN5O2. The van der Waals surface area contributed by atoms with Crippen LogP contribution in [0.25, 0.3) is 11.3 Å². The minimum Gasteiger partial charge on any atom is -0.376 e. The second-order valence-electron chi connectivity index (χ2n) is 5.96. The Morgan fingerprint density at radius 3 is 2.64 bits per heavy atom. The fourth-order valence-corrected chi connectivity index (χ4v) is 2.38. The van der Waals surface area contributed by atoms with Gasteiger partial charge in [0.1, 0.15) is 17.3 Å². The van der Waals surface area contributed by atoms with Gasteiger partial charge in [-0.3, -0.25) is 9.78 Å². The molecule has 0 saturated heterocycles. The van der Waals surface area contributed by atoms with Crippen molar-refractivity contribution in [2.24, 2.45) is 0 Å². The van der Waals surface area contributed by atoms with Gasteiger partial charge in [0.05, 0.1) is 24.1 Å². The maximum atomic E-state index is 13.8. The van der Waals surface area contributed by atoms with Gasteiger partial charge < -0.3 is 9.42 Å². The standard InChI is InChI=1S/C17H18FN5O2/c1-10-15(18)5-12(7-19-10)17-14(11(2)25-21-17)9-23-16(24)6-13(8-20-23)22(3)4/h5-8H,9H2,1-4H3. The third-order valence-electron chi connectivity index (χ3n) is 3.96. The van der Waals surface area contributed by atoms with Crippen molar-refractivity contribution in [3.05, 3.63) is 57.7 Å². The summed E-state index contributed by atoms with van der Waals surface area (Å²) >= 11 is 0. The Morgan fingerprint density at radius 1 is 1.24 bits per heavy atom. The summed E-state index contributed by atoms with van der Waals surface area (Å²) in [5, 5.41) is 8.18. The maximum absolute atomic E-state index is 13.8. The van der Waals surface area contributed by atoms with E-state index in [1.807, 2.05) is 14.1 Å². The molecule has 0 amide bonds. The fraction of sp³-hybridized carbons (Fsp3) is 0.294. The summed E-state index contributed by atoms with van der Waals surface area (Å²) < 4.78 is 20.4. The maximum Gasteiger partial charge on any atom is 0.269 e. The lowest BCUT2D eigenvalue weighted by molar-refractivity contribution is 0.397. The van der Waals surface area contributed by atoms with Crippen LogP contribution in [0, 0.1) is 19.7 Å². The van der Waals surface area contributed by atoms with Gasteiger partial charge in [-0.15, -0.1) is 0 Å². The predicted octanol–water partition coefficient (Wildman–Crippen LogP) is 2.16. The minimum atomic E-state index is -0.422. The molecule has 7 nitrogen and oxygen atoms in total. The zero-order valence-electron chi connectivity index (χ0n) is 14.4. The van der Waals surface area contributed by atoms with Gasteiger partial charge in [-0.2, -0.15) is 5.10 Å². The molecule has 3 aromatic heterocycles. The molecule has 0 fully saturated rings. The Morgan fingerprint density at radius 2 is 2.00 bits per heavy atom. The highest BCUT2D eigenvalue weighted by molar-refractivity contribution is 5.62. The Labute approximate surface area is 143 Å². The number of aryl methyl sites for hydroxylation is 2. The van der Waals surface area contributed by atoms with Crippen molar-refractivity contribution in [3.63, 3.8) is 0 Å². The summed E-state index contributed by atoms with van der Waals surface area (Å²) in [4.78, 5) is 18.1. The number of aromatic nitrogens is 4. The Bertz CT molecular complexity index is 977. The van der Waals surface area contributed by atoms with E-state index in [1.54, 1.807) is 24.9 Å². The third kappa shape index (κ3) is 3.28. The van der Waals surface area contributed by atoms with Crippen LogP contribution in [0.3, 0.4) is 0 Å². The molecule has 0 spiro atoms. The molecule has 0 N–H and O–H groups in total. The predicted molar refractivity (Wildman–Crippen MR) is 91.1 cm³/mol. The molecule has 0 unspecified atom stereocenters. The number of hydrogen-bond donors (Lipinski definition) is 0. The molecule has 25 heavy (non-hydrogen) atoms. The quantitative estimate of drug-likeness (QED) is 0.722. The molecule has 0 aliphatic carbocycles. The number of rotatable bonds is 4. The topological polar surface area (TPSA) is 77.1 Å². The Hall–Kier alpha value is -3.03. The lowest BCUT2D eigenvalue weighted by Crippen LogP contribution is -2.25. The van der Waals surface area contributed by atoms with Gasteiger partial charge in [-0.05, 0) is 19.9 Å².